The van der Waals surface area contributed by atoms with E-state index < -0.39 is 11.5 Å². The van der Waals surface area contributed by atoms with Gasteiger partial charge in [0, 0.05) is 12.0 Å². The van der Waals surface area contributed by atoms with E-state index in [1.807, 2.05) is 56.3 Å². The second kappa shape index (κ2) is 8.37. The number of carboxylic acid groups (broad SMARTS) is 1. The normalized spacial score (nSPS) is 14.0. The summed E-state index contributed by atoms with van der Waals surface area (Å²) in [6.45, 7) is 5.61. The lowest BCUT2D eigenvalue weighted by Crippen LogP contribution is -2.51. The molecule has 22 heavy (non-hydrogen) atoms. The number of amides is 1. The topological polar surface area (TPSA) is 66.4 Å². The number of carbonyl (C=O) groups is 2. The lowest BCUT2D eigenvalue weighted by atomic mass is 9.85. The SMILES string of the molecule is CC(C)C(C)(CC(=O)O)NC(=O)CC/C=C/c1ccccc1. The van der Waals surface area contributed by atoms with E-state index in [0.29, 0.717) is 12.8 Å². The van der Waals surface area contributed by atoms with Gasteiger partial charge in [0.25, 0.3) is 0 Å². The summed E-state index contributed by atoms with van der Waals surface area (Å²) in [5, 5.41) is 11.9. The van der Waals surface area contributed by atoms with Crippen LogP contribution in [0.1, 0.15) is 45.6 Å². The highest BCUT2D eigenvalue weighted by Crippen LogP contribution is 2.21. The van der Waals surface area contributed by atoms with E-state index in [9.17, 15) is 9.59 Å². The van der Waals surface area contributed by atoms with Crippen molar-refractivity contribution in [2.24, 2.45) is 5.92 Å². The van der Waals surface area contributed by atoms with E-state index in [2.05, 4.69) is 5.32 Å². The Morgan fingerprint density at radius 1 is 1.27 bits per heavy atom. The van der Waals surface area contributed by atoms with Gasteiger partial charge in [0.2, 0.25) is 5.91 Å². The predicted octanol–water partition coefficient (Wildman–Crippen LogP) is 3.49. The number of hydrogen-bond donors (Lipinski definition) is 2. The molecule has 4 nitrogen and oxygen atoms in total. The second-order valence-corrected chi connectivity index (χ2v) is 6.04. The zero-order valence-electron chi connectivity index (χ0n) is 13.5. The molecule has 120 valence electrons. The van der Waals surface area contributed by atoms with Gasteiger partial charge < -0.3 is 10.4 Å². The Morgan fingerprint density at radius 2 is 1.91 bits per heavy atom. The fourth-order valence-electron chi connectivity index (χ4n) is 2.09. The molecule has 1 amide bonds. The van der Waals surface area contributed by atoms with Gasteiger partial charge in [0.05, 0.1) is 6.42 Å². The Morgan fingerprint density at radius 3 is 2.45 bits per heavy atom. The summed E-state index contributed by atoms with van der Waals surface area (Å²) in [6.07, 6.45) is 4.84. The molecule has 1 unspecified atom stereocenters. The fraction of sp³-hybridized carbons (Fsp3) is 0.444. The third kappa shape index (κ3) is 6.12. The van der Waals surface area contributed by atoms with Crippen LogP contribution in [0.2, 0.25) is 0 Å². The first-order valence-electron chi connectivity index (χ1n) is 7.58. The first-order chi connectivity index (χ1) is 10.3. The number of nitrogens with one attached hydrogen (secondary N) is 1. The Bertz CT molecular complexity index is 522. The van der Waals surface area contributed by atoms with Crippen LogP contribution in [-0.4, -0.2) is 22.5 Å². The van der Waals surface area contributed by atoms with Crippen LogP contribution in [0.5, 0.6) is 0 Å². The van der Waals surface area contributed by atoms with Crippen LogP contribution in [0.3, 0.4) is 0 Å². The van der Waals surface area contributed by atoms with Crippen molar-refractivity contribution in [2.45, 2.75) is 45.6 Å². The lowest BCUT2D eigenvalue weighted by Gasteiger charge is -2.33. The molecule has 2 N–H and O–H groups in total. The molecule has 1 aromatic rings. The number of rotatable bonds is 8. The summed E-state index contributed by atoms with van der Waals surface area (Å²) in [7, 11) is 0. The van der Waals surface area contributed by atoms with Crippen LogP contribution in [0.15, 0.2) is 36.4 Å². The molecule has 0 radical (unpaired) electrons. The minimum atomic E-state index is -0.902. The number of aliphatic carboxylic acids is 1. The van der Waals surface area contributed by atoms with E-state index in [1.54, 1.807) is 6.92 Å². The number of allylic oxidation sites excluding steroid dienone is 1. The van der Waals surface area contributed by atoms with Gasteiger partial charge in [0.1, 0.15) is 0 Å². The Hall–Kier alpha value is -2.10. The lowest BCUT2D eigenvalue weighted by molar-refractivity contribution is -0.139. The van der Waals surface area contributed by atoms with Gasteiger partial charge in [-0.15, -0.1) is 0 Å². The summed E-state index contributed by atoms with van der Waals surface area (Å²) in [5.41, 5.74) is 0.382. The first kappa shape index (κ1) is 18.0. The second-order valence-electron chi connectivity index (χ2n) is 6.04. The molecule has 0 fully saturated rings. The average molecular weight is 303 g/mol. The van der Waals surface area contributed by atoms with Crippen molar-refractivity contribution in [1.82, 2.24) is 5.32 Å². The molecule has 0 bridgehead atoms. The number of hydrogen-bond acceptors (Lipinski definition) is 2. The van der Waals surface area contributed by atoms with E-state index in [-0.39, 0.29) is 18.2 Å². The molecule has 1 aromatic carbocycles. The highest BCUT2D eigenvalue weighted by Gasteiger charge is 2.32. The van der Waals surface area contributed by atoms with Crippen molar-refractivity contribution < 1.29 is 14.7 Å². The molecule has 0 aliphatic heterocycles. The molecule has 1 atom stereocenters. The molecule has 0 aliphatic carbocycles. The summed E-state index contributed by atoms with van der Waals surface area (Å²) in [5.74, 6) is -0.969. The van der Waals surface area contributed by atoms with Crippen LogP contribution in [0.25, 0.3) is 6.08 Å². The van der Waals surface area contributed by atoms with E-state index in [4.69, 9.17) is 5.11 Å². The van der Waals surface area contributed by atoms with E-state index in [0.717, 1.165) is 5.56 Å². The smallest absolute Gasteiger partial charge is 0.305 e. The number of benzene rings is 1. The highest BCUT2D eigenvalue weighted by atomic mass is 16.4. The van der Waals surface area contributed by atoms with Crippen molar-refractivity contribution >= 4 is 18.0 Å². The number of carboxylic acids is 1. The summed E-state index contributed by atoms with van der Waals surface area (Å²) >= 11 is 0. The van der Waals surface area contributed by atoms with Crippen LogP contribution >= 0.6 is 0 Å². The fourth-order valence-corrected chi connectivity index (χ4v) is 2.09. The van der Waals surface area contributed by atoms with Gasteiger partial charge in [-0.1, -0.05) is 56.3 Å². The maximum Gasteiger partial charge on any atom is 0.305 e. The third-order valence-electron chi connectivity index (χ3n) is 3.87. The maximum absolute atomic E-state index is 12.0. The minimum Gasteiger partial charge on any atom is -0.481 e. The first-order valence-corrected chi connectivity index (χ1v) is 7.58. The molecule has 1 rings (SSSR count). The molecular weight excluding hydrogens is 278 g/mol. The van der Waals surface area contributed by atoms with Crippen LogP contribution in [-0.2, 0) is 9.59 Å². The molecule has 0 spiro atoms. The van der Waals surface area contributed by atoms with Crippen molar-refractivity contribution in [3.05, 3.63) is 42.0 Å². The van der Waals surface area contributed by atoms with Gasteiger partial charge in [0.15, 0.2) is 0 Å². The molecule has 0 saturated heterocycles. The van der Waals surface area contributed by atoms with Crippen LogP contribution < -0.4 is 5.32 Å². The van der Waals surface area contributed by atoms with Crippen LogP contribution in [0.4, 0.5) is 0 Å². The van der Waals surface area contributed by atoms with Gasteiger partial charge in [-0.3, -0.25) is 9.59 Å². The van der Waals surface area contributed by atoms with Crippen LogP contribution in [0, 0.1) is 5.92 Å². The van der Waals surface area contributed by atoms with Gasteiger partial charge >= 0.3 is 5.97 Å². The summed E-state index contributed by atoms with van der Waals surface area (Å²) in [4.78, 5) is 23.0. The predicted molar refractivity (Wildman–Crippen MR) is 88.3 cm³/mol. The third-order valence-corrected chi connectivity index (χ3v) is 3.87. The Kier molecular flexibility index (Phi) is 6.83. The van der Waals surface area contributed by atoms with Gasteiger partial charge in [-0.25, -0.2) is 0 Å². The van der Waals surface area contributed by atoms with Gasteiger partial charge in [-0.05, 0) is 24.8 Å². The van der Waals surface area contributed by atoms with Gasteiger partial charge in [-0.2, -0.15) is 0 Å². The summed E-state index contributed by atoms with van der Waals surface area (Å²) in [6, 6.07) is 9.89. The zero-order chi connectivity index (χ0) is 16.6. The van der Waals surface area contributed by atoms with E-state index in [1.165, 1.54) is 0 Å². The van der Waals surface area contributed by atoms with E-state index >= 15 is 0 Å². The van der Waals surface area contributed by atoms with Crippen molar-refractivity contribution in [3.8, 4) is 0 Å². The maximum atomic E-state index is 12.0. The standard InChI is InChI=1S/C18H25NO3/c1-14(2)18(3,13-17(21)22)19-16(20)12-8-7-11-15-9-5-4-6-10-15/h4-7,9-11,14H,8,12-13H2,1-3H3,(H,19,20)(H,21,22)/b11-7+. The molecule has 0 aromatic heterocycles. The average Bonchev–Trinajstić information content (AvgIpc) is 2.43. The minimum absolute atomic E-state index is 0.0485. The zero-order valence-corrected chi connectivity index (χ0v) is 13.5. The largest absolute Gasteiger partial charge is 0.481 e. The molecule has 0 saturated carbocycles. The Labute approximate surface area is 132 Å². The molecular formula is C18H25NO3. The quantitative estimate of drug-likeness (QED) is 0.772. The highest BCUT2D eigenvalue weighted by molar-refractivity contribution is 5.78. The van der Waals surface area contributed by atoms with Crippen molar-refractivity contribution in [1.29, 1.82) is 0 Å². The number of carbonyl (C=O) groups excluding carboxylic acids is 1. The Balaban J connectivity index is 2.47. The van der Waals surface area contributed by atoms with Crippen molar-refractivity contribution in [2.75, 3.05) is 0 Å². The van der Waals surface area contributed by atoms with Crippen molar-refractivity contribution in [3.63, 3.8) is 0 Å². The summed E-state index contributed by atoms with van der Waals surface area (Å²) < 4.78 is 0. The molecule has 0 heterocycles. The molecule has 0 aliphatic rings. The monoisotopic (exact) mass is 303 g/mol. The molecule has 4 heteroatoms.